The molecular formula is C13H20N2O2. The van der Waals surface area contributed by atoms with E-state index >= 15 is 0 Å². The number of fused-ring (bicyclic) bond motifs is 1. The van der Waals surface area contributed by atoms with Gasteiger partial charge < -0.3 is 20.1 Å². The first-order valence-corrected chi connectivity index (χ1v) is 6.05. The maximum atomic E-state index is 5.30. The Morgan fingerprint density at radius 2 is 1.82 bits per heavy atom. The van der Waals surface area contributed by atoms with E-state index in [1.165, 1.54) is 12.8 Å². The van der Waals surface area contributed by atoms with Crippen LogP contribution < -0.4 is 20.1 Å². The molecule has 0 radical (unpaired) electrons. The molecule has 0 saturated carbocycles. The Bertz CT molecular complexity index is 393. The van der Waals surface area contributed by atoms with Crippen LogP contribution in [-0.2, 0) is 0 Å². The summed E-state index contributed by atoms with van der Waals surface area (Å²) in [5, 5.41) is 6.95. The standard InChI is InChI=1S/C13H20N2O2/c1-4-5-9-8-14-10-6-12(16-2)13(17-3)7-11(10)15-9/h6-7,9,14-15H,4-5,8H2,1-3H3. The summed E-state index contributed by atoms with van der Waals surface area (Å²) in [6.07, 6.45) is 2.35. The molecule has 4 nitrogen and oxygen atoms in total. The molecule has 0 saturated heterocycles. The van der Waals surface area contributed by atoms with Gasteiger partial charge in [-0.15, -0.1) is 0 Å². The zero-order valence-corrected chi connectivity index (χ0v) is 10.7. The Morgan fingerprint density at radius 1 is 1.18 bits per heavy atom. The molecule has 2 rings (SSSR count). The highest BCUT2D eigenvalue weighted by Gasteiger charge is 2.19. The van der Waals surface area contributed by atoms with Gasteiger partial charge >= 0.3 is 0 Å². The smallest absolute Gasteiger partial charge is 0.162 e. The summed E-state index contributed by atoms with van der Waals surface area (Å²) < 4.78 is 10.6. The van der Waals surface area contributed by atoms with Crippen molar-refractivity contribution in [3.05, 3.63) is 12.1 Å². The third-order valence-corrected chi connectivity index (χ3v) is 3.06. The number of ether oxygens (including phenoxy) is 2. The molecule has 0 aliphatic carbocycles. The van der Waals surface area contributed by atoms with Crippen LogP contribution in [0.3, 0.4) is 0 Å². The lowest BCUT2D eigenvalue weighted by molar-refractivity contribution is 0.355. The lowest BCUT2D eigenvalue weighted by Gasteiger charge is -2.29. The van der Waals surface area contributed by atoms with Crippen LogP contribution in [0.1, 0.15) is 19.8 Å². The van der Waals surface area contributed by atoms with Gasteiger partial charge in [-0.05, 0) is 6.42 Å². The van der Waals surface area contributed by atoms with Gasteiger partial charge in [0.1, 0.15) is 0 Å². The maximum absolute atomic E-state index is 5.30. The van der Waals surface area contributed by atoms with Crippen molar-refractivity contribution in [3.8, 4) is 11.5 Å². The van der Waals surface area contributed by atoms with Crippen LogP contribution in [0.2, 0.25) is 0 Å². The predicted octanol–water partition coefficient (Wildman–Crippen LogP) is 2.71. The largest absolute Gasteiger partial charge is 0.493 e. The number of methoxy groups -OCH3 is 2. The molecular weight excluding hydrogens is 216 g/mol. The van der Waals surface area contributed by atoms with Crippen LogP contribution in [0, 0.1) is 0 Å². The Morgan fingerprint density at radius 3 is 2.41 bits per heavy atom. The van der Waals surface area contributed by atoms with Crippen LogP contribution in [-0.4, -0.2) is 26.8 Å². The van der Waals surface area contributed by atoms with E-state index < -0.39 is 0 Å². The summed E-state index contributed by atoms with van der Waals surface area (Å²) in [4.78, 5) is 0. The fraction of sp³-hybridized carbons (Fsp3) is 0.538. The van der Waals surface area contributed by atoms with Crippen molar-refractivity contribution in [1.29, 1.82) is 0 Å². The summed E-state index contributed by atoms with van der Waals surface area (Å²) in [5.41, 5.74) is 2.17. The quantitative estimate of drug-likeness (QED) is 0.843. The first kappa shape index (κ1) is 11.9. The summed E-state index contributed by atoms with van der Waals surface area (Å²) in [6.45, 7) is 3.15. The van der Waals surface area contributed by atoms with E-state index in [2.05, 4.69) is 17.6 Å². The highest BCUT2D eigenvalue weighted by Crippen LogP contribution is 2.38. The molecule has 17 heavy (non-hydrogen) atoms. The zero-order valence-electron chi connectivity index (χ0n) is 10.7. The van der Waals surface area contributed by atoms with Gasteiger partial charge in [0, 0.05) is 24.7 Å². The van der Waals surface area contributed by atoms with Gasteiger partial charge in [0.2, 0.25) is 0 Å². The van der Waals surface area contributed by atoms with Crippen molar-refractivity contribution in [2.24, 2.45) is 0 Å². The zero-order chi connectivity index (χ0) is 12.3. The molecule has 0 spiro atoms. The van der Waals surface area contributed by atoms with Crippen molar-refractivity contribution in [2.45, 2.75) is 25.8 Å². The Labute approximate surface area is 102 Å². The van der Waals surface area contributed by atoms with Gasteiger partial charge in [-0.3, -0.25) is 0 Å². The first-order chi connectivity index (χ1) is 8.28. The number of hydrogen-bond acceptors (Lipinski definition) is 4. The van der Waals surface area contributed by atoms with Crippen LogP contribution >= 0.6 is 0 Å². The molecule has 4 heteroatoms. The molecule has 1 aromatic carbocycles. The van der Waals surface area contributed by atoms with Gasteiger partial charge in [0.05, 0.1) is 25.6 Å². The van der Waals surface area contributed by atoms with Gasteiger partial charge in [-0.25, -0.2) is 0 Å². The van der Waals surface area contributed by atoms with Crippen LogP contribution in [0.4, 0.5) is 11.4 Å². The second kappa shape index (κ2) is 5.17. The molecule has 1 aliphatic heterocycles. The molecule has 0 aromatic heterocycles. The molecule has 2 N–H and O–H groups in total. The highest BCUT2D eigenvalue weighted by atomic mass is 16.5. The predicted molar refractivity (Wildman–Crippen MR) is 70.4 cm³/mol. The Hall–Kier alpha value is -1.58. The molecule has 1 aromatic rings. The van der Waals surface area contributed by atoms with Crippen molar-refractivity contribution in [2.75, 3.05) is 31.4 Å². The SMILES string of the molecule is CCCC1CNc2cc(OC)c(OC)cc2N1. The van der Waals surface area contributed by atoms with E-state index in [1.54, 1.807) is 14.2 Å². The van der Waals surface area contributed by atoms with Gasteiger partial charge in [-0.2, -0.15) is 0 Å². The number of rotatable bonds is 4. The average Bonchev–Trinajstić information content (AvgIpc) is 2.37. The summed E-state index contributed by atoms with van der Waals surface area (Å²) in [6, 6.07) is 4.46. The summed E-state index contributed by atoms with van der Waals surface area (Å²) in [5.74, 6) is 1.52. The van der Waals surface area contributed by atoms with Crippen molar-refractivity contribution < 1.29 is 9.47 Å². The van der Waals surface area contributed by atoms with E-state index in [-0.39, 0.29) is 0 Å². The monoisotopic (exact) mass is 236 g/mol. The first-order valence-electron chi connectivity index (χ1n) is 6.05. The topological polar surface area (TPSA) is 42.5 Å². The Kier molecular flexibility index (Phi) is 3.61. The number of anilines is 2. The van der Waals surface area contributed by atoms with E-state index in [0.29, 0.717) is 6.04 Å². The lowest BCUT2D eigenvalue weighted by atomic mass is 10.1. The van der Waals surface area contributed by atoms with E-state index in [0.717, 1.165) is 29.4 Å². The summed E-state index contributed by atoms with van der Waals surface area (Å²) in [7, 11) is 3.31. The summed E-state index contributed by atoms with van der Waals surface area (Å²) >= 11 is 0. The molecule has 0 bridgehead atoms. The van der Waals surface area contributed by atoms with Crippen molar-refractivity contribution in [3.63, 3.8) is 0 Å². The number of benzene rings is 1. The lowest BCUT2D eigenvalue weighted by Crippen LogP contribution is -2.32. The number of hydrogen-bond donors (Lipinski definition) is 2. The molecule has 1 unspecified atom stereocenters. The van der Waals surface area contributed by atoms with E-state index in [1.807, 2.05) is 12.1 Å². The fourth-order valence-electron chi connectivity index (χ4n) is 2.17. The molecule has 1 heterocycles. The molecule has 0 fully saturated rings. The minimum absolute atomic E-state index is 0.491. The normalized spacial score (nSPS) is 17.7. The third-order valence-electron chi connectivity index (χ3n) is 3.06. The highest BCUT2D eigenvalue weighted by molar-refractivity contribution is 5.76. The van der Waals surface area contributed by atoms with Crippen molar-refractivity contribution in [1.82, 2.24) is 0 Å². The Balaban J connectivity index is 2.25. The molecule has 0 amide bonds. The van der Waals surface area contributed by atoms with Gasteiger partial charge in [-0.1, -0.05) is 13.3 Å². The maximum Gasteiger partial charge on any atom is 0.162 e. The van der Waals surface area contributed by atoms with Gasteiger partial charge in [0.25, 0.3) is 0 Å². The minimum Gasteiger partial charge on any atom is -0.493 e. The second-order valence-electron chi connectivity index (χ2n) is 4.26. The minimum atomic E-state index is 0.491. The van der Waals surface area contributed by atoms with Gasteiger partial charge in [0.15, 0.2) is 11.5 Å². The van der Waals surface area contributed by atoms with Crippen LogP contribution in [0.15, 0.2) is 12.1 Å². The molecule has 1 aliphatic rings. The van der Waals surface area contributed by atoms with Crippen LogP contribution in [0.5, 0.6) is 11.5 Å². The molecule has 94 valence electrons. The van der Waals surface area contributed by atoms with Crippen LogP contribution in [0.25, 0.3) is 0 Å². The van der Waals surface area contributed by atoms with Crippen molar-refractivity contribution >= 4 is 11.4 Å². The third kappa shape index (κ3) is 2.40. The van der Waals surface area contributed by atoms with E-state index in [4.69, 9.17) is 9.47 Å². The number of nitrogens with one attached hydrogen (secondary N) is 2. The second-order valence-corrected chi connectivity index (χ2v) is 4.26. The fourth-order valence-corrected chi connectivity index (χ4v) is 2.17. The molecule has 1 atom stereocenters. The average molecular weight is 236 g/mol. The van der Waals surface area contributed by atoms with E-state index in [9.17, 15) is 0 Å².